The number of amides is 1. The Hall–Kier alpha value is -1.86. The highest BCUT2D eigenvalue weighted by Gasteiger charge is 2.44. The lowest BCUT2D eigenvalue weighted by Gasteiger charge is -2.40. The standard InChI is InChI=1S/C79H151NO10/c1-3-5-7-9-11-13-15-43-47-51-55-59-63-67-75(84)88-68-64-60-56-52-48-45-42-40-38-36-34-32-30-28-26-24-22-20-18-16-17-19-21-23-25-27-29-31-33-35-37-39-41-44-46-50-54-58-62-66-74(83)80-71(70-89-79-78(87)77(86)76(85)73(69-81)90-79)72(82)65-61-57-53-49-14-12-10-8-6-4-2/h13,15,61,65,71-73,76-79,81-82,85-87H,3-12,14,16-60,62-64,66-70H2,1-2H3,(H,80,83)/b15-13-,65-61+. The fourth-order valence-corrected chi connectivity index (χ4v) is 12.8. The first-order valence-electron chi connectivity index (χ1n) is 39.6. The molecule has 6 N–H and O–H groups in total. The number of hydrogen-bond donors (Lipinski definition) is 6. The second-order valence-electron chi connectivity index (χ2n) is 27.8. The number of hydrogen-bond acceptors (Lipinski definition) is 10. The van der Waals surface area contributed by atoms with Crippen molar-refractivity contribution in [1.82, 2.24) is 5.32 Å². The van der Waals surface area contributed by atoms with E-state index in [4.69, 9.17) is 14.2 Å². The van der Waals surface area contributed by atoms with Crippen LogP contribution in [0.25, 0.3) is 0 Å². The second-order valence-corrected chi connectivity index (χ2v) is 27.8. The van der Waals surface area contributed by atoms with Crippen molar-refractivity contribution in [2.24, 2.45) is 0 Å². The van der Waals surface area contributed by atoms with Crippen molar-refractivity contribution in [2.45, 2.75) is 448 Å². The third kappa shape index (κ3) is 56.5. The van der Waals surface area contributed by atoms with E-state index in [0.717, 1.165) is 57.8 Å². The summed E-state index contributed by atoms with van der Waals surface area (Å²) < 4.78 is 16.7. The second kappa shape index (κ2) is 68.5. The van der Waals surface area contributed by atoms with Crippen molar-refractivity contribution >= 4 is 11.9 Å². The van der Waals surface area contributed by atoms with Crippen LogP contribution in [0.2, 0.25) is 0 Å². The minimum absolute atomic E-state index is 0.00968. The Bertz CT molecular complexity index is 1540. The van der Waals surface area contributed by atoms with E-state index in [1.165, 1.54) is 321 Å². The first-order valence-corrected chi connectivity index (χ1v) is 39.6. The van der Waals surface area contributed by atoms with E-state index in [0.29, 0.717) is 19.4 Å². The number of aliphatic hydroxyl groups is 5. The molecule has 1 saturated heterocycles. The zero-order valence-electron chi connectivity index (χ0n) is 59.4. The topological polar surface area (TPSA) is 175 Å². The summed E-state index contributed by atoms with van der Waals surface area (Å²) in [5.74, 6) is -0.165. The quantitative estimate of drug-likeness (QED) is 0.0195. The summed E-state index contributed by atoms with van der Waals surface area (Å²) in [4.78, 5) is 25.1. The van der Waals surface area contributed by atoms with Crippen LogP contribution in [-0.2, 0) is 23.8 Å². The van der Waals surface area contributed by atoms with Gasteiger partial charge in [0.15, 0.2) is 6.29 Å². The van der Waals surface area contributed by atoms with E-state index in [9.17, 15) is 35.1 Å². The molecular formula is C79H151NO10. The number of unbranched alkanes of at least 4 members (excludes halogenated alkanes) is 55. The van der Waals surface area contributed by atoms with Gasteiger partial charge in [-0.25, -0.2) is 0 Å². The highest BCUT2D eigenvalue weighted by atomic mass is 16.7. The normalized spacial score (nSPS) is 17.7. The number of carbonyl (C=O) groups is 2. The molecule has 0 bridgehead atoms. The van der Waals surface area contributed by atoms with Crippen molar-refractivity contribution in [3.63, 3.8) is 0 Å². The number of aliphatic hydroxyl groups excluding tert-OH is 5. The van der Waals surface area contributed by atoms with Gasteiger partial charge in [0.2, 0.25) is 5.91 Å². The summed E-state index contributed by atoms with van der Waals surface area (Å²) in [5.41, 5.74) is 0. The van der Waals surface area contributed by atoms with Gasteiger partial charge in [-0.2, -0.15) is 0 Å². The van der Waals surface area contributed by atoms with E-state index < -0.39 is 49.5 Å². The number of ether oxygens (including phenoxy) is 3. The zero-order chi connectivity index (χ0) is 65.1. The fourth-order valence-electron chi connectivity index (χ4n) is 12.8. The molecule has 1 fully saturated rings. The smallest absolute Gasteiger partial charge is 0.305 e. The van der Waals surface area contributed by atoms with Crippen LogP contribution in [0.15, 0.2) is 24.3 Å². The summed E-state index contributed by atoms with van der Waals surface area (Å²) >= 11 is 0. The van der Waals surface area contributed by atoms with Crippen molar-refractivity contribution in [2.75, 3.05) is 19.8 Å². The van der Waals surface area contributed by atoms with Gasteiger partial charge in [0.1, 0.15) is 24.4 Å². The molecule has 1 aliphatic heterocycles. The summed E-state index contributed by atoms with van der Waals surface area (Å²) in [6.45, 7) is 4.36. The Morgan fingerprint density at radius 2 is 0.711 bits per heavy atom. The third-order valence-corrected chi connectivity index (χ3v) is 19.1. The Balaban J connectivity index is 1.85. The molecule has 11 nitrogen and oxygen atoms in total. The van der Waals surface area contributed by atoms with Crippen molar-refractivity contribution in [3.8, 4) is 0 Å². The van der Waals surface area contributed by atoms with Gasteiger partial charge in [-0.15, -0.1) is 0 Å². The van der Waals surface area contributed by atoms with Crippen LogP contribution < -0.4 is 5.32 Å². The van der Waals surface area contributed by atoms with Gasteiger partial charge in [-0.1, -0.05) is 359 Å². The van der Waals surface area contributed by atoms with E-state index in [2.05, 4.69) is 31.3 Å². The Morgan fingerprint density at radius 1 is 0.400 bits per heavy atom. The average molecular weight is 1280 g/mol. The van der Waals surface area contributed by atoms with Gasteiger partial charge in [0.05, 0.1) is 32.0 Å². The zero-order valence-corrected chi connectivity index (χ0v) is 59.4. The van der Waals surface area contributed by atoms with Crippen molar-refractivity contribution in [3.05, 3.63) is 24.3 Å². The van der Waals surface area contributed by atoms with Crippen molar-refractivity contribution < 1.29 is 49.3 Å². The summed E-state index contributed by atoms with van der Waals surface area (Å²) in [6, 6.07) is -0.804. The van der Waals surface area contributed by atoms with Crippen LogP contribution in [0.4, 0.5) is 0 Å². The maximum atomic E-state index is 13.0. The molecule has 7 unspecified atom stereocenters. The molecule has 0 spiro atoms. The van der Waals surface area contributed by atoms with Crippen LogP contribution in [0.3, 0.4) is 0 Å². The average Bonchev–Trinajstić information content (AvgIpc) is 0.993. The maximum absolute atomic E-state index is 13.0. The summed E-state index contributed by atoms with van der Waals surface area (Å²) in [5, 5.41) is 54.4. The molecule has 7 atom stereocenters. The molecule has 0 aromatic carbocycles. The van der Waals surface area contributed by atoms with E-state index in [1.807, 2.05) is 6.08 Å². The van der Waals surface area contributed by atoms with Crippen molar-refractivity contribution in [1.29, 1.82) is 0 Å². The molecule has 0 radical (unpaired) electrons. The number of carbonyl (C=O) groups excluding carboxylic acids is 2. The van der Waals surface area contributed by atoms with Gasteiger partial charge in [-0.3, -0.25) is 9.59 Å². The lowest BCUT2D eigenvalue weighted by molar-refractivity contribution is -0.302. The van der Waals surface area contributed by atoms with E-state index >= 15 is 0 Å². The summed E-state index contributed by atoms with van der Waals surface area (Å²) in [6.07, 6.45) is 78.0. The number of allylic oxidation sites excluding steroid dienone is 3. The number of rotatable bonds is 71. The molecule has 90 heavy (non-hydrogen) atoms. The first-order chi connectivity index (χ1) is 44.2. The van der Waals surface area contributed by atoms with Crippen LogP contribution in [0.1, 0.15) is 406 Å². The van der Waals surface area contributed by atoms with Crippen LogP contribution in [-0.4, -0.2) is 100 Å². The fraction of sp³-hybridized carbons (Fsp3) is 0.924. The first kappa shape index (κ1) is 86.2. The molecule has 0 saturated carbocycles. The Labute approximate surface area is 556 Å². The SMILES string of the molecule is CCCCCC/C=C\CCCCCCCC(=O)OCCCCCCCCCCCCCCCCCCCCCCCCCCCCCCCCCCCCCCCCCC(=O)NC(COC1OC(CO)C(O)C(O)C1O)C(O)/C=C/CCCCCCCCCC. The highest BCUT2D eigenvalue weighted by molar-refractivity contribution is 5.76. The van der Waals surface area contributed by atoms with Gasteiger partial charge >= 0.3 is 5.97 Å². The van der Waals surface area contributed by atoms with Crippen LogP contribution in [0.5, 0.6) is 0 Å². The van der Waals surface area contributed by atoms with Crippen LogP contribution >= 0.6 is 0 Å². The molecule has 11 heteroatoms. The molecule has 532 valence electrons. The van der Waals surface area contributed by atoms with Gasteiger partial charge in [0, 0.05) is 12.8 Å². The van der Waals surface area contributed by atoms with Gasteiger partial charge in [-0.05, 0) is 57.8 Å². The maximum Gasteiger partial charge on any atom is 0.305 e. The molecule has 0 aromatic heterocycles. The van der Waals surface area contributed by atoms with E-state index in [-0.39, 0.29) is 18.5 Å². The van der Waals surface area contributed by atoms with E-state index in [1.54, 1.807) is 6.08 Å². The minimum atomic E-state index is -1.57. The molecule has 1 heterocycles. The molecule has 0 aliphatic carbocycles. The monoisotopic (exact) mass is 1270 g/mol. The Morgan fingerprint density at radius 3 is 1.08 bits per heavy atom. The molecule has 0 aromatic rings. The van der Waals surface area contributed by atoms with Gasteiger partial charge in [0.25, 0.3) is 0 Å². The highest BCUT2D eigenvalue weighted by Crippen LogP contribution is 2.24. The third-order valence-electron chi connectivity index (χ3n) is 19.1. The predicted octanol–water partition coefficient (Wildman–Crippen LogP) is 21.1. The minimum Gasteiger partial charge on any atom is -0.466 e. The molecule has 1 aliphatic rings. The van der Waals surface area contributed by atoms with Crippen LogP contribution in [0, 0.1) is 0 Å². The summed E-state index contributed by atoms with van der Waals surface area (Å²) in [7, 11) is 0. The predicted molar refractivity (Wildman–Crippen MR) is 380 cm³/mol. The molecular weight excluding hydrogens is 1120 g/mol. The lowest BCUT2D eigenvalue weighted by Crippen LogP contribution is -2.60. The molecule has 1 amide bonds. The Kier molecular flexibility index (Phi) is 65.6. The number of esters is 1. The lowest BCUT2D eigenvalue weighted by atomic mass is 9.99. The number of nitrogens with one attached hydrogen (secondary N) is 1. The largest absolute Gasteiger partial charge is 0.466 e. The van der Waals surface area contributed by atoms with Gasteiger partial charge < -0.3 is 45.1 Å². The molecule has 1 rings (SSSR count).